The number of carboxylic acid groups (broad SMARTS) is 1. The lowest BCUT2D eigenvalue weighted by Crippen LogP contribution is -2.23. The Morgan fingerprint density at radius 2 is 2.20 bits per heavy atom. The fraction of sp³-hybridized carbons (Fsp3) is 0.533. The summed E-state index contributed by atoms with van der Waals surface area (Å²) in [6.45, 7) is 6.36. The van der Waals surface area contributed by atoms with E-state index >= 15 is 0 Å². The van der Waals surface area contributed by atoms with Crippen molar-refractivity contribution in [3.05, 3.63) is 23.8 Å². The molecule has 0 amide bonds. The summed E-state index contributed by atoms with van der Waals surface area (Å²) in [5.41, 5.74) is 1.02. The Morgan fingerprint density at radius 3 is 2.80 bits per heavy atom. The van der Waals surface area contributed by atoms with Gasteiger partial charge in [0.25, 0.3) is 0 Å². The van der Waals surface area contributed by atoms with Crippen LogP contribution in [0, 0.1) is 11.8 Å². The summed E-state index contributed by atoms with van der Waals surface area (Å²) in [5.74, 6) is -0.240. The van der Waals surface area contributed by atoms with Gasteiger partial charge in [-0.1, -0.05) is 13.0 Å². The summed E-state index contributed by atoms with van der Waals surface area (Å²) in [5, 5.41) is 18.8. The number of likely N-dealkylation sites (tertiary alicyclic amines) is 1. The van der Waals surface area contributed by atoms with E-state index in [1.807, 2.05) is 26.0 Å². The van der Waals surface area contributed by atoms with Crippen LogP contribution in [0.25, 0.3) is 0 Å². The first kappa shape index (κ1) is 14.7. The van der Waals surface area contributed by atoms with Crippen LogP contribution < -0.4 is 4.74 Å². The molecule has 5 heteroatoms. The molecule has 2 atom stereocenters. The van der Waals surface area contributed by atoms with Crippen molar-refractivity contribution in [2.75, 3.05) is 19.7 Å². The van der Waals surface area contributed by atoms with Gasteiger partial charge < -0.3 is 14.9 Å². The summed E-state index contributed by atoms with van der Waals surface area (Å²) in [6, 6.07) is 5.28. The second-order valence-corrected chi connectivity index (χ2v) is 5.35. The molecule has 1 aromatic rings. The Balaban J connectivity index is 2.04. The average Bonchev–Trinajstić information content (AvgIpc) is 2.75. The minimum atomic E-state index is -0.722. The molecule has 0 aromatic heterocycles. The van der Waals surface area contributed by atoms with Gasteiger partial charge in [0.15, 0.2) is 11.5 Å². The van der Waals surface area contributed by atoms with Crippen LogP contribution >= 0.6 is 0 Å². The second kappa shape index (κ2) is 6.13. The highest BCUT2D eigenvalue weighted by Gasteiger charge is 2.34. The van der Waals surface area contributed by atoms with E-state index in [1.54, 1.807) is 6.07 Å². The molecule has 1 heterocycles. The standard InChI is InChI=1S/C15H21NO4/c1-3-20-14-6-11(4-5-13(14)17)8-16-7-10(2)12(9-16)15(18)19/h4-6,10,12,17H,3,7-9H2,1-2H3,(H,18,19). The number of rotatable bonds is 5. The fourth-order valence-corrected chi connectivity index (χ4v) is 2.70. The van der Waals surface area contributed by atoms with Crippen molar-refractivity contribution in [3.8, 4) is 11.5 Å². The monoisotopic (exact) mass is 279 g/mol. The van der Waals surface area contributed by atoms with Crippen molar-refractivity contribution >= 4 is 5.97 Å². The number of hydrogen-bond acceptors (Lipinski definition) is 4. The number of phenolic OH excluding ortho intramolecular Hbond substituents is 1. The molecular formula is C15H21NO4. The van der Waals surface area contributed by atoms with Crippen molar-refractivity contribution in [1.29, 1.82) is 0 Å². The van der Waals surface area contributed by atoms with E-state index in [2.05, 4.69) is 4.90 Å². The first-order valence-electron chi connectivity index (χ1n) is 6.91. The molecule has 1 aliphatic rings. The van der Waals surface area contributed by atoms with Crippen molar-refractivity contribution < 1.29 is 19.7 Å². The quantitative estimate of drug-likeness (QED) is 0.862. The molecule has 2 unspecified atom stereocenters. The van der Waals surface area contributed by atoms with Gasteiger partial charge in [0.05, 0.1) is 12.5 Å². The Hall–Kier alpha value is -1.75. The summed E-state index contributed by atoms with van der Waals surface area (Å²) >= 11 is 0. The van der Waals surface area contributed by atoms with Crippen LogP contribution in [0.3, 0.4) is 0 Å². The molecule has 1 aliphatic heterocycles. The van der Waals surface area contributed by atoms with E-state index in [0.717, 1.165) is 12.1 Å². The Bertz CT molecular complexity index is 489. The molecule has 1 saturated heterocycles. The fourth-order valence-electron chi connectivity index (χ4n) is 2.70. The lowest BCUT2D eigenvalue weighted by Gasteiger charge is -2.16. The van der Waals surface area contributed by atoms with Gasteiger partial charge in [-0.3, -0.25) is 9.69 Å². The van der Waals surface area contributed by atoms with Gasteiger partial charge in [0.1, 0.15) is 0 Å². The zero-order chi connectivity index (χ0) is 14.7. The molecule has 20 heavy (non-hydrogen) atoms. The van der Waals surface area contributed by atoms with E-state index in [-0.39, 0.29) is 17.6 Å². The third-order valence-corrected chi connectivity index (χ3v) is 3.74. The van der Waals surface area contributed by atoms with Crippen LogP contribution in [0.2, 0.25) is 0 Å². The van der Waals surface area contributed by atoms with Crippen LogP contribution in [0.15, 0.2) is 18.2 Å². The van der Waals surface area contributed by atoms with Crippen LogP contribution in [-0.4, -0.2) is 40.8 Å². The number of hydrogen-bond donors (Lipinski definition) is 2. The SMILES string of the molecule is CCOc1cc(CN2CC(C)C(C(=O)O)C2)ccc1O. The zero-order valence-corrected chi connectivity index (χ0v) is 11.9. The summed E-state index contributed by atoms with van der Waals surface area (Å²) in [7, 11) is 0. The zero-order valence-electron chi connectivity index (χ0n) is 11.9. The van der Waals surface area contributed by atoms with Gasteiger partial charge in [0.2, 0.25) is 0 Å². The Kier molecular flexibility index (Phi) is 4.49. The maximum absolute atomic E-state index is 11.1. The minimum absolute atomic E-state index is 0.133. The van der Waals surface area contributed by atoms with E-state index in [0.29, 0.717) is 25.4 Å². The Labute approximate surface area is 118 Å². The molecule has 1 aromatic carbocycles. The summed E-state index contributed by atoms with van der Waals surface area (Å²) in [6.07, 6.45) is 0. The first-order chi connectivity index (χ1) is 9.51. The van der Waals surface area contributed by atoms with Crippen LogP contribution in [0.1, 0.15) is 19.4 Å². The van der Waals surface area contributed by atoms with Crippen molar-refractivity contribution in [2.45, 2.75) is 20.4 Å². The molecule has 0 aliphatic carbocycles. The van der Waals surface area contributed by atoms with Crippen molar-refractivity contribution in [2.24, 2.45) is 11.8 Å². The van der Waals surface area contributed by atoms with E-state index in [4.69, 9.17) is 9.84 Å². The van der Waals surface area contributed by atoms with Gasteiger partial charge in [-0.15, -0.1) is 0 Å². The van der Waals surface area contributed by atoms with Gasteiger partial charge in [0, 0.05) is 19.6 Å². The predicted octanol–water partition coefficient (Wildman–Crippen LogP) is 1.94. The highest BCUT2D eigenvalue weighted by Crippen LogP contribution is 2.29. The minimum Gasteiger partial charge on any atom is -0.504 e. The lowest BCUT2D eigenvalue weighted by atomic mass is 9.99. The van der Waals surface area contributed by atoms with Gasteiger partial charge in [-0.25, -0.2) is 0 Å². The van der Waals surface area contributed by atoms with E-state index in [1.165, 1.54) is 0 Å². The highest BCUT2D eigenvalue weighted by molar-refractivity contribution is 5.71. The molecule has 0 bridgehead atoms. The number of benzene rings is 1. The smallest absolute Gasteiger partial charge is 0.308 e. The summed E-state index contributed by atoms with van der Waals surface area (Å²) in [4.78, 5) is 13.2. The molecule has 5 nitrogen and oxygen atoms in total. The van der Waals surface area contributed by atoms with Crippen LogP contribution in [-0.2, 0) is 11.3 Å². The van der Waals surface area contributed by atoms with Crippen LogP contribution in [0.4, 0.5) is 0 Å². The molecule has 2 rings (SSSR count). The van der Waals surface area contributed by atoms with Crippen molar-refractivity contribution in [3.63, 3.8) is 0 Å². The normalized spacial score (nSPS) is 22.9. The lowest BCUT2D eigenvalue weighted by molar-refractivity contribution is -0.142. The second-order valence-electron chi connectivity index (χ2n) is 5.35. The number of phenols is 1. The maximum Gasteiger partial charge on any atom is 0.308 e. The Morgan fingerprint density at radius 1 is 1.45 bits per heavy atom. The van der Waals surface area contributed by atoms with Crippen LogP contribution in [0.5, 0.6) is 11.5 Å². The molecule has 0 spiro atoms. The van der Waals surface area contributed by atoms with Gasteiger partial charge in [-0.05, 0) is 30.5 Å². The number of ether oxygens (including phenoxy) is 1. The number of carboxylic acids is 1. The average molecular weight is 279 g/mol. The van der Waals surface area contributed by atoms with Crippen molar-refractivity contribution in [1.82, 2.24) is 4.90 Å². The highest BCUT2D eigenvalue weighted by atomic mass is 16.5. The third-order valence-electron chi connectivity index (χ3n) is 3.74. The number of aromatic hydroxyl groups is 1. The van der Waals surface area contributed by atoms with E-state index in [9.17, 15) is 9.90 Å². The predicted molar refractivity (Wildman–Crippen MR) is 74.8 cm³/mol. The molecular weight excluding hydrogens is 258 g/mol. The van der Waals surface area contributed by atoms with Gasteiger partial charge >= 0.3 is 5.97 Å². The molecule has 2 N–H and O–H groups in total. The number of nitrogens with zero attached hydrogens (tertiary/aromatic N) is 1. The third kappa shape index (κ3) is 3.22. The number of aliphatic carboxylic acids is 1. The maximum atomic E-state index is 11.1. The topological polar surface area (TPSA) is 70.0 Å². The molecule has 0 radical (unpaired) electrons. The molecule has 0 saturated carbocycles. The van der Waals surface area contributed by atoms with Gasteiger partial charge in [-0.2, -0.15) is 0 Å². The largest absolute Gasteiger partial charge is 0.504 e. The summed E-state index contributed by atoms with van der Waals surface area (Å²) < 4.78 is 5.36. The molecule has 1 fully saturated rings. The van der Waals surface area contributed by atoms with E-state index < -0.39 is 5.97 Å². The molecule has 110 valence electrons. The number of carbonyl (C=O) groups is 1. The first-order valence-corrected chi connectivity index (χ1v) is 6.91.